The number of likely N-dealkylation sites (tertiary alicyclic amines) is 1. The van der Waals surface area contributed by atoms with Gasteiger partial charge in [-0.3, -0.25) is 9.59 Å². The smallest absolute Gasteiger partial charge is 0.295 e. The van der Waals surface area contributed by atoms with Crippen LogP contribution in [0, 0.1) is 0 Å². The topological polar surface area (TPSA) is 94.5 Å². The number of nitrogens with zero attached hydrogens (tertiary/aromatic N) is 1. The molecule has 0 aliphatic carbocycles. The van der Waals surface area contributed by atoms with E-state index in [9.17, 15) is 14.7 Å². The molecule has 0 aromatic heterocycles. The molecule has 0 saturated carbocycles. The van der Waals surface area contributed by atoms with Gasteiger partial charge in [-0.1, -0.05) is 12.1 Å². The average Bonchev–Trinajstić information content (AvgIpc) is 3.18. The molecular weight excluding hydrogens is 542 g/mol. The standard InChI is InChI=1S/C28H26BrNO7/c1-34-19-7-4-17(5-8-19)25-24(26(31)18-6-13-23(36-3)22(29)16-18)27(32)28(33)30(25)14-15-37-21-11-9-20(35-2)10-12-21/h4-13,16,25,31H,14-15H2,1-3H3/b26-24-. The van der Waals surface area contributed by atoms with Gasteiger partial charge in [0.25, 0.3) is 11.7 Å². The Kier molecular flexibility index (Phi) is 8.03. The number of hydrogen-bond acceptors (Lipinski definition) is 7. The summed E-state index contributed by atoms with van der Waals surface area (Å²) >= 11 is 3.41. The zero-order chi connectivity index (χ0) is 26.5. The lowest BCUT2D eigenvalue weighted by molar-refractivity contribution is -0.140. The van der Waals surface area contributed by atoms with Gasteiger partial charge in [0, 0.05) is 5.56 Å². The van der Waals surface area contributed by atoms with Crippen molar-refractivity contribution in [3.63, 3.8) is 0 Å². The highest BCUT2D eigenvalue weighted by Gasteiger charge is 2.46. The van der Waals surface area contributed by atoms with E-state index < -0.39 is 17.7 Å². The fourth-order valence-corrected chi connectivity index (χ4v) is 4.69. The number of aliphatic hydroxyl groups is 1. The first kappa shape index (κ1) is 26.1. The maximum atomic E-state index is 13.2. The molecule has 1 aliphatic heterocycles. The number of carbonyl (C=O) groups excluding carboxylic acids is 2. The summed E-state index contributed by atoms with van der Waals surface area (Å²) in [4.78, 5) is 27.8. The summed E-state index contributed by atoms with van der Waals surface area (Å²) in [6.45, 7) is 0.260. The van der Waals surface area contributed by atoms with E-state index in [0.717, 1.165) is 0 Å². The number of aliphatic hydroxyl groups excluding tert-OH is 1. The molecule has 1 saturated heterocycles. The third-order valence-corrected chi connectivity index (χ3v) is 6.68. The minimum absolute atomic E-state index is 0.00307. The van der Waals surface area contributed by atoms with E-state index in [1.807, 2.05) is 0 Å². The molecule has 3 aromatic carbocycles. The SMILES string of the molecule is COc1ccc(OCCN2C(=O)C(=O)/C(=C(\O)c3ccc(OC)c(Br)c3)C2c2ccc(OC)cc2)cc1. The van der Waals surface area contributed by atoms with Crippen LogP contribution in [-0.2, 0) is 9.59 Å². The largest absolute Gasteiger partial charge is 0.507 e. The van der Waals surface area contributed by atoms with Crippen molar-refractivity contribution in [1.82, 2.24) is 4.90 Å². The van der Waals surface area contributed by atoms with Crippen LogP contribution in [-0.4, -0.2) is 56.2 Å². The van der Waals surface area contributed by atoms with Crippen LogP contribution in [0.15, 0.2) is 76.8 Å². The number of methoxy groups -OCH3 is 3. The molecule has 4 rings (SSSR count). The molecule has 1 heterocycles. The molecule has 0 spiro atoms. The highest BCUT2D eigenvalue weighted by Crippen LogP contribution is 2.40. The highest BCUT2D eigenvalue weighted by atomic mass is 79.9. The Morgan fingerprint density at radius 2 is 1.46 bits per heavy atom. The molecule has 0 bridgehead atoms. The van der Waals surface area contributed by atoms with Gasteiger partial charge in [-0.05, 0) is 76.1 Å². The van der Waals surface area contributed by atoms with Gasteiger partial charge in [0.1, 0.15) is 35.4 Å². The van der Waals surface area contributed by atoms with Crippen molar-refractivity contribution < 1.29 is 33.6 Å². The molecule has 1 N–H and O–H groups in total. The highest BCUT2D eigenvalue weighted by molar-refractivity contribution is 9.10. The fourth-order valence-electron chi connectivity index (χ4n) is 4.15. The molecule has 192 valence electrons. The number of benzene rings is 3. The predicted molar refractivity (Wildman–Crippen MR) is 141 cm³/mol. The van der Waals surface area contributed by atoms with Crippen LogP contribution in [0.3, 0.4) is 0 Å². The maximum Gasteiger partial charge on any atom is 0.295 e. The Hall–Kier alpha value is -3.98. The zero-order valence-electron chi connectivity index (χ0n) is 20.6. The molecule has 1 aliphatic rings. The summed E-state index contributed by atoms with van der Waals surface area (Å²) in [5.74, 6) is 0.732. The van der Waals surface area contributed by atoms with Gasteiger partial charge in [-0.2, -0.15) is 0 Å². The number of hydrogen-bond donors (Lipinski definition) is 1. The molecule has 37 heavy (non-hydrogen) atoms. The number of ether oxygens (including phenoxy) is 4. The van der Waals surface area contributed by atoms with E-state index in [-0.39, 0.29) is 24.5 Å². The van der Waals surface area contributed by atoms with E-state index in [4.69, 9.17) is 18.9 Å². The van der Waals surface area contributed by atoms with Gasteiger partial charge in [-0.15, -0.1) is 0 Å². The molecule has 0 radical (unpaired) electrons. The lowest BCUT2D eigenvalue weighted by atomic mass is 9.95. The number of carbonyl (C=O) groups is 2. The molecule has 1 unspecified atom stereocenters. The first-order chi connectivity index (χ1) is 17.9. The second-order valence-electron chi connectivity index (χ2n) is 8.14. The summed E-state index contributed by atoms with van der Waals surface area (Å²) in [5, 5.41) is 11.3. The Morgan fingerprint density at radius 1 is 0.865 bits per heavy atom. The van der Waals surface area contributed by atoms with Gasteiger partial charge in [0.15, 0.2) is 0 Å². The van der Waals surface area contributed by atoms with Crippen LogP contribution >= 0.6 is 15.9 Å². The summed E-state index contributed by atoms with van der Waals surface area (Å²) in [6.07, 6.45) is 0. The molecule has 1 atom stereocenters. The average molecular weight is 568 g/mol. The minimum Gasteiger partial charge on any atom is -0.507 e. The van der Waals surface area contributed by atoms with Crippen molar-refractivity contribution in [2.24, 2.45) is 0 Å². The third kappa shape index (κ3) is 5.41. The van der Waals surface area contributed by atoms with Crippen molar-refractivity contribution in [3.05, 3.63) is 87.9 Å². The Labute approximate surface area is 223 Å². The number of Topliss-reactive ketones (excluding diaryl/α,β-unsaturated/α-hetero) is 1. The first-order valence-corrected chi connectivity index (χ1v) is 12.2. The van der Waals surface area contributed by atoms with E-state index in [0.29, 0.717) is 38.6 Å². The fraction of sp³-hybridized carbons (Fsp3) is 0.214. The van der Waals surface area contributed by atoms with Crippen LogP contribution in [0.4, 0.5) is 0 Å². The van der Waals surface area contributed by atoms with Crippen LogP contribution in [0.1, 0.15) is 17.2 Å². The summed E-state index contributed by atoms with van der Waals surface area (Å²) in [5.41, 5.74) is 1.02. The van der Waals surface area contributed by atoms with Gasteiger partial charge in [-0.25, -0.2) is 0 Å². The van der Waals surface area contributed by atoms with Gasteiger partial charge in [0.2, 0.25) is 0 Å². The van der Waals surface area contributed by atoms with Gasteiger partial charge < -0.3 is 29.0 Å². The Bertz CT molecular complexity index is 1320. The van der Waals surface area contributed by atoms with Crippen LogP contribution < -0.4 is 18.9 Å². The van der Waals surface area contributed by atoms with Crippen molar-refractivity contribution in [3.8, 4) is 23.0 Å². The maximum absolute atomic E-state index is 13.2. The van der Waals surface area contributed by atoms with Gasteiger partial charge in [0.05, 0.1) is 44.0 Å². The van der Waals surface area contributed by atoms with Crippen LogP contribution in [0.25, 0.3) is 5.76 Å². The summed E-state index contributed by atoms with van der Waals surface area (Å²) in [6, 6.07) is 18.2. The summed E-state index contributed by atoms with van der Waals surface area (Å²) < 4.78 is 22.1. The van der Waals surface area contributed by atoms with E-state index in [1.165, 1.54) is 12.0 Å². The number of amides is 1. The second kappa shape index (κ2) is 11.4. The molecule has 1 amide bonds. The molecule has 1 fully saturated rings. The first-order valence-electron chi connectivity index (χ1n) is 11.4. The van der Waals surface area contributed by atoms with E-state index in [1.54, 1.807) is 80.9 Å². The van der Waals surface area contributed by atoms with Crippen molar-refractivity contribution in [2.75, 3.05) is 34.5 Å². The number of halogens is 1. The normalized spacial score (nSPS) is 16.5. The molecule has 3 aromatic rings. The predicted octanol–water partition coefficient (Wildman–Crippen LogP) is 4.98. The third-order valence-electron chi connectivity index (χ3n) is 6.06. The van der Waals surface area contributed by atoms with Gasteiger partial charge >= 0.3 is 0 Å². The molecule has 9 heteroatoms. The van der Waals surface area contributed by atoms with Crippen LogP contribution in [0.5, 0.6) is 23.0 Å². The Morgan fingerprint density at radius 3 is 2.03 bits per heavy atom. The minimum atomic E-state index is -0.814. The quantitative estimate of drug-likeness (QED) is 0.221. The van der Waals surface area contributed by atoms with E-state index >= 15 is 0 Å². The summed E-state index contributed by atoms with van der Waals surface area (Å²) in [7, 11) is 4.66. The second-order valence-corrected chi connectivity index (χ2v) is 8.99. The zero-order valence-corrected chi connectivity index (χ0v) is 22.2. The lowest BCUT2D eigenvalue weighted by Crippen LogP contribution is -2.33. The van der Waals surface area contributed by atoms with Crippen molar-refractivity contribution >= 4 is 33.4 Å². The van der Waals surface area contributed by atoms with E-state index in [2.05, 4.69) is 15.9 Å². The monoisotopic (exact) mass is 567 g/mol. The lowest BCUT2D eigenvalue weighted by Gasteiger charge is -2.25. The van der Waals surface area contributed by atoms with Crippen LogP contribution in [0.2, 0.25) is 0 Å². The molecule has 8 nitrogen and oxygen atoms in total. The van der Waals surface area contributed by atoms with Crippen molar-refractivity contribution in [2.45, 2.75) is 6.04 Å². The Balaban J connectivity index is 1.69. The number of ketones is 1. The number of rotatable bonds is 9. The molecular formula is C28H26BrNO7. The van der Waals surface area contributed by atoms with Crippen molar-refractivity contribution in [1.29, 1.82) is 0 Å².